The molecule has 0 radical (unpaired) electrons. The number of piperazine rings is 1. The molecule has 2 N–H and O–H groups in total. The van der Waals surface area contributed by atoms with Gasteiger partial charge in [-0.05, 0) is 12.1 Å². The molecule has 3 rings (SSSR count). The molecule has 2 aromatic rings. The van der Waals surface area contributed by atoms with Gasteiger partial charge >= 0.3 is 0 Å². The lowest BCUT2D eigenvalue weighted by Gasteiger charge is -2.35. The van der Waals surface area contributed by atoms with Crippen molar-refractivity contribution < 1.29 is 9.18 Å². The summed E-state index contributed by atoms with van der Waals surface area (Å²) in [5.74, 6) is -0.0378. The molecular formula is C16H23Br2FN4OS. The summed E-state index contributed by atoms with van der Waals surface area (Å²) in [4.78, 5) is 20.8. The quantitative estimate of drug-likeness (QED) is 0.689. The number of fused-ring (bicyclic) bond motifs is 1. The molecular weight excluding hydrogens is 475 g/mol. The van der Waals surface area contributed by atoms with Crippen LogP contribution in [0.5, 0.6) is 0 Å². The van der Waals surface area contributed by atoms with Crippen LogP contribution >= 0.6 is 45.3 Å². The Balaban J connectivity index is 0.00000156. The summed E-state index contributed by atoms with van der Waals surface area (Å²) in [5.41, 5.74) is 7.05. The minimum Gasteiger partial charge on any atom is -0.339 e. The molecule has 1 amide bonds. The SMILES string of the molecule is Br.Br.N[C@@H](Cc1nc2ccccc2s1)C(=O)N1CCN(CCF)CC1. The van der Waals surface area contributed by atoms with E-state index in [4.69, 9.17) is 5.73 Å². The van der Waals surface area contributed by atoms with Crippen LogP contribution in [-0.2, 0) is 11.2 Å². The summed E-state index contributed by atoms with van der Waals surface area (Å²) < 4.78 is 13.5. The Morgan fingerprint density at radius 3 is 2.56 bits per heavy atom. The van der Waals surface area contributed by atoms with Gasteiger partial charge in [-0.25, -0.2) is 9.37 Å². The molecule has 140 valence electrons. The predicted molar refractivity (Wildman–Crippen MR) is 111 cm³/mol. The van der Waals surface area contributed by atoms with E-state index in [1.165, 1.54) is 0 Å². The van der Waals surface area contributed by atoms with Gasteiger partial charge < -0.3 is 10.6 Å². The highest BCUT2D eigenvalue weighted by molar-refractivity contribution is 8.93. The van der Waals surface area contributed by atoms with Crippen molar-refractivity contribution in [1.82, 2.24) is 14.8 Å². The fourth-order valence-electron chi connectivity index (χ4n) is 2.83. The van der Waals surface area contributed by atoms with Crippen LogP contribution in [0.15, 0.2) is 24.3 Å². The molecule has 0 spiro atoms. The molecule has 25 heavy (non-hydrogen) atoms. The van der Waals surface area contributed by atoms with Gasteiger partial charge in [0, 0.05) is 39.1 Å². The van der Waals surface area contributed by atoms with Gasteiger partial charge in [0.2, 0.25) is 5.91 Å². The van der Waals surface area contributed by atoms with Gasteiger partial charge in [-0.15, -0.1) is 45.3 Å². The third kappa shape index (κ3) is 5.68. The highest BCUT2D eigenvalue weighted by atomic mass is 79.9. The molecule has 1 fully saturated rings. The lowest BCUT2D eigenvalue weighted by atomic mass is 10.2. The number of hydrogen-bond acceptors (Lipinski definition) is 5. The Labute approximate surface area is 171 Å². The Morgan fingerprint density at radius 2 is 1.92 bits per heavy atom. The number of carbonyl (C=O) groups is 1. The average Bonchev–Trinajstić information content (AvgIpc) is 2.97. The van der Waals surface area contributed by atoms with Gasteiger partial charge in [-0.3, -0.25) is 9.69 Å². The first kappa shape index (κ1) is 22.4. The third-order valence-corrected chi connectivity index (χ3v) is 5.19. The maximum Gasteiger partial charge on any atom is 0.240 e. The van der Waals surface area contributed by atoms with Crippen LogP contribution in [-0.4, -0.2) is 66.1 Å². The maximum absolute atomic E-state index is 12.5. The summed E-state index contributed by atoms with van der Waals surface area (Å²) in [6, 6.07) is 7.35. The van der Waals surface area contributed by atoms with Crippen LogP contribution in [0.3, 0.4) is 0 Å². The number of nitrogens with zero attached hydrogens (tertiary/aromatic N) is 3. The topological polar surface area (TPSA) is 62.5 Å². The summed E-state index contributed by atoms with van der Waals surface area (Å²) in [7, 11) is 0. The molecule has 5 nitrogen and oxygen atoms in total. The van der Waals surface area contributed by atoms with Gasteiger partial charge in [-0.1, -0.05) is 12.1 Å². The lowest BCUT2D eigenvalue weighted by molar-refractivity contribution is -0.134. The van der Waals surface area contributed by atoms with E-state index < -0.39 is 6.04 Å². The molecule has 0 aliphatic carbocycles. The number of nitrogens with two attached hydrogens (primary N) is 1. The second kappa shape index (κ2) is 10.5. The van der Waals surface area contributed by atoms with Crippen LogP contribution in [0.1, 0.15) is 5.01 Å². The Hall–Kier alpha value is -0.610. The van der Waals surface area contributed by atoms with Crippen molar-refractivity contribution in [1.29, 1.82) is 0 Å². The van der Waals surface area contributed by atoms with Gasteiger partial charge in [0.25, 0.3) is 0 Å². The first-order valence-corrected chi connectivity index (χ1v) is 8.66. The number of benzene rings is 1. The van der Waals surface area contributed by atoms with Crippen LogP contribution in [0.4, 0.5) is 4.39 Å². The van der Waals surface area contributed by atoms with Crippen molar-refractivity contribution >= 4 is 61.4 Å². The smallest absolute Gasteiger partial charge is 0.240 e. The van der Waals surface area contributed by atoms with Crippen molar-refractivity contribution in [3.05, 3.63) is 29.3 Å². The van der Waals surface area contributed by atoms with Crippen molar-refractivity contribution in [2.45, 2.75) is 12.5 Å². The predicted octanol–water partition coefficient (Wildman–Crippen LogP) is 2.44. The summed E-state index contributed by atoms with van der Waals surface area (Å²) in [6.45, 7) is 2.76. The van der Waals surface area contributed by atoms with E-state index in [9.17, 15) is 9.18 Å². The van der Waals surface area contributed by atoms with E-state index in [0.29, 0.717) is 39.1 Å². The highest BCUT2D eigenvalue weighted by Gasteiger charge is 2.25. The number of para-hydroxylation sites is 1. The summed E-state index contributed by atoms with van der Waals surface area (Å²) in [6.07, 6.45) is 0.461. The molecule has 9 heteroatoms. The largest absolute Gasteiger partial charge is 0.339 e. The fourth-order valence-corrected chi connectivity index (χ4v) is 3.85. The van der Waals surface area contributed by atoms with Crippen LogP contribution in [0, 0.1) is 0 Å². The second-order valence-corrected chi connectivity index (χ2v) is 6.86. The first-order chi connectivity index (χ1) is 11.2. The Bertz CT molecular complexity index is 646. The van der Waals surface area contributed by atoms with Gasteiger partial charge in [-0.2, -0.15) is 0 Å². The molecule has 0 saturated carbocycles. The van der Waals surface area contributed by atoms with Crippen LogP contribution < -0.4 is 5.73 Å². The normalized spacial score (nSPS) is 16.2. The van der Waals surface area contributed by atoms with E-state index in [-0.39, 0.29) is 46.5 Å². The Morgan fingerprint density at radius 1 is 1.24 bits per heavy atom. The molecule has 1 atom stereocenters. The number of rotatable bonds is 5. The van der Waals surface area contributed by atoms with Crippen molar-refractivity contribution in [3.8, 4) is 0 Å². The van der Waals surface area contributed by atoms with Gasteiger partial charge in [0.1, 0.15) is 6.67 Å². The number of thiazole rings is 1. The van der Waals surface area contributed by atoms with Gasteiger partial charge in [0.05, 0.1) is 21.3 Å². The summed E-state index contributed by atoms with van der Waals surface area (Å²) >= 11 is 1.58. The number of halogens is 3. The van der Waals surface area contributed by atoms with Crippen molar-refractivity contribution in [3.63, 3.8) is 0 Å². The van der Waals surface area contributed by atoms with Crippen molar-refractivity contribution in [2.24, 2.45) is 5.73 Å². The van der Waals surface area contributed by atoms with Crippen LogP contribution in [0.2, 0.25) is 0 Å². The zero-order valence-electron chi connectivity index (χ0n) is 13.8. The highest BCUT2D eigenvalue weighted by Crippen LogP contribution is 2.22. The fraction of sp³-hybridized carbons (Fsp3) is 0.500. The molecule has 0 unspecified atom stereocenters. The van der Waals surface area contributed by atoms with E-state index in [1.54, 1.807) is 16.2 Å². The molecule has 1 aliphatic rings. The van der Waals surface area contributed by atoms with E-state index in [1.807, 2.05) is 29.2 Å². The molecule has 0 bridgehead atoms. The molecule has 1 aromatic carbocycles. The number of amides is 1. The molecule has 1 saturated heterocycles. The zero-order valence-corrected chi connectivity index (χ0v) is 18.0. The Kier molecular flexibility index (Phi) is 9.44. The minimum absolute atomic E-state index is 0. The number of hydrogen-bond donors (Lipinski definition) is 1. The maximum atomic E-state index is 12.5. The van der Waals surface area contributed by atoms with Crippen LogP contribution in [0.25, 0.3) is 10.2 Å². The molecule has 1 aliphatic heterocycles. The molecule has 2 heterocycles. The average molecular weight is 498 g/mol. The van der Waals surface area contributed by atoms with E-state index >= 15 is 0 Å². The zero-order chi connectivity index (χ0) is 16.2. The standard InChI is InChI=1S/C16H21FN4OS.2BrH/c17-5-6-20-7-9-21(10-8-20)16(22)12(18)11-15-19-13-3-1-2-4-14(13)23-15;;/h1-4,12H,5-11,18H2;2*1H/t12-;;/m0../s1. The summed E-state index contributed by atoms with van der Waals surface area (Å²) in [5, 5.41) is 0.892. The van der Waals surface area contributed by atoms with E-state index in [0.717, 1.165) is 15.2 Å². The second-order valence-electron chi connectivity index (χ2n) is 5.74. The monoisotopic (exact) mass is 496 g/mol. The third-order valence-electron chi connectivity index (χ3n) is 4.13. The minimum atomic E-state index is -0.566. The first-order valence-electron chi connectivity index (χ1n) is 7.84. The molecule has 1 aromatic heterocycles. The van der Waals surface area contributed by atoms with Crippen molar-refractivity contribution in [2.75, 3.05) is 39.4 Å². The lowest BCUT2D eigenvalue weighted by Crippen LogP contribution is -2.53. The number of carbonyl (C=O) groups excluding carboxylic acids is 1. The number of aromatic nitrogens is 1. The number of alkyl halides is 1. The van der Waals surface area contributed by atoms with E-state index in [2.05, 4.69) is 4.98 Å². The van der Waals surface area contributed by atoms with Gasteiger partial charge in [0.15, 0.2) is 0 Å².